The highest BCUT2D eigenvalue weighted by atomic mass is 16.3. The number of anilines is 1. The summed E-state index contributed by atoms with van der Waals surface area (Å²) >= 11 is 0. The van der Waals surface area contributed by atoms with E-state index in [4.69, 9.17) is 0 Å². The first-order valence-electron chi connectivity index (χ1n) is 9.29. The summed E-state index contributed by atoms with van der Waals surface area (Å²) < 4.78 is 0. The predicted octanol–water partition coefficient (Wildman–Crippen LogP) is 4.54. The van der Waals surface area contributed by atoms with Gasteiger partial charge in [0.2, 0.25) is 0 Å². The average molecular weight is 339 g/mol. The average Bonchev–Trinajstić information content (AvgIpc) is 2.64. The minimum absolute atomic E-state index is 0.0618. The summed E-state index contributed by atoms with van der Waals surface area (Å²) in [5, 5.41) is 23.9. The number of benzene rings is 2. The summed E-state index contributed by atoms with van der Waals surface area (Å²) in [5.41, 5.74) is 3.61. The van der Waals surface area contributed by atoms with Crippen LogP contribution in [0.4, 0.5) is 5.69 Å². The molecule has 3 N–H and O–H groups in total. The van der Waals surface area contributed by atoms with Gasteiger partial charge in [-0.1, -0.05) is 50.2 Å². The first-order chi connectivity index (χ1) is 12.0. The number of hydrogen-bond acceptors (Lipinski definition) is 3. The van der Waals surface area contributed by atoms with Gasteiger partial charge in [-0.3, -0.25) is 0 Å². The lowest BCUT2D eigenvalue weighted by Gasteiger charge is -2.37. The molecule has 2 aromatic rings. The largest absolute Gasteiger partial charge is 0.392 e. The minimum atomic E-state index is -0.708. The van der Waals surface area contributed by atoms with Crippen molar-refractivity contribution in [2.45, 2.75) is 63.7 Å². The zero-order chi connectivity index (χ0) is 17.9. The van der Waals surface area contributed by atoms with E-state index < -0.39 is 5.60 Å². The van der Waals surface area contributed by atoms with E-state index in [9.17, 15) is 10.2 Å². The van der Waals surface area contributed by atoms with E-state index >= 15 is 0 Å². The quantitative estimate of drug-likeness (QED) is 0.749. The fourth-order valence-electron chi connectivity index (χ4n) is 3.70. The molecule has 1 aliphatic rings. The molecule has 0 heterocycles. The van der Waals surface area contributed by atoms with Crippen molar-refractivity contribution < 1.29 is 10.2 Å². The second-order valence-corrected chi connectivity index (χ2v) is 7.59. The third-order valence-electron chi connectivity index (χ3n) is 5.41. The van der Waals surface area contributed by atoms with Crippen LogP contribution in [0.25, 0.3) is 0 Å². The summed E-state index contributed by atoms with van der Waals surface area (Å²) in [4.78, 5) is 0. The van der Waals surface area contributed by atoms with Crippen molar-refractivity contribution in [2.24, 2.45) is 0 Å². The Hall–Kier alpha value is -1.84. The van der Waals surface area contributed by atoms with Crippen LogP contribution in [0, 0.1) is 0 Å². The third-order valence-corrected chi connectivity index (χ3v) is 5.41. The maximum Gasteiger partial charge on any atom is 0.0898 e. The fourth-order valence-corrected chi connectivity index (χ4v) is 3.70. The van der Waals surface area contributed by atoms with Crippen LogP contribution in [0.2, 0.25) is 0 Å². The number of nitrogens with one attached hydrogen (secondary N) is 1. The van der Waals surface area contributed by atoms with Gasteiger partial charge in [0.15, 0.2) is 0 Å². The lowest BCUT2D eigenvalue weighted by Crippen LogP contribution is -2.36. The van der Waals surface area contributed by atoms with E-state index in [1.807, 2.05) is 24.3 Å². The Bertz CT molecular complexity index is 685. The molecule has 0 saturated heterocycles. The molecule has 3 heteroatoms. The summed E-state index contributed by atoms with van der Waals surface area (Å²) in [6.45, 7) is 4.44. The van der Waals surface area contributed by atoms with Crippen LogP contribution in [-0.4, -0.2) is 16.3 Å². The molecule has 1 fully saturated rings. The number of aliphatic hydroxyl groups is 2. The van der Waals surface area contributed by atoms with Gasteiger partial charge < -0.3 is 15.5 Å². The minimum Gasteiger partial charge on any atom is -0.392 e. The summed E-state index contributed by atoms with van der Waals surface area (Å²) in [6.07, 6.45) is 3.41. The van der Waals surface area contributed by atoms with E-state index in [0.717, 1.165) is 42.5 Å². The number of hydrogen-bond donors (Lipinski definition) is 3. The summed E-state index contributed by atoms with van der Waals surface area (Å²) in [6, 6.07) is 16.7. The van der Waals surface area contributed by atoms with Crippen LogP contribution in [0.1, 0.15) is 62.1 Å². The molecular formula is C22H29NO2. The van der Waals surface area contributed by atoms with E-state index in [1.165, 1.54) is 5.56 Å². The SMILES string of the molecule is CC(C)c1ccc(C2(O)CCC(Nc3cccc(CO)c3)CC2)cc1. The molecule has 1 saturated carbocycles. The molecule has 0 unspecified atom stereocenters. The maximum absolute atomic E-state index is 11.1. The van der Waals surface area contributed by atoms with Crippen LogP contribution in [0.5, 0.6) is 0 Å². The Labute approximate surface area is 150 Å². The van der Waals surface area contributed by atoms with Crippen molar-refractivity contribution in [1.29, 1.82) is 0 Å². The highest BCUT2D eigenvalue weighted by Crippen LogP contribution is 2.38. The monoisotopic (exact) mass is 339 g/mol. The fraction of sp³-hybridized carbons (Fsp3) is 0.455. The van der Waals surface area contributed by atoms with Gasteiger partial charge in [0.25, 0.3) is 0 Å². The van der Waals surface area contributed by atoms with Gasteiger partial charge in [-0.15, -0.1) is 0 Å². The molecule has 3 rings (SSSR count). The van der Waals surface area contributed by atoms with Crippen molar-refractivity contribution in [3.05, 3.63) is 65.2 Å². The Kier molecular flexibility index (Phi) is 5.45. The molecule has 1 aliphatic carbocycles. The van der Waals surface area contributed by atoms with E-state index in [-0.39, 0.29) is 6.61 Å². The second kappa shape index (κ2) is 7.59. The normalized spacial score (nSPS) is 23.6. The lowest BCUT2D eigenvalue weighted by atomic mass is 9.77. The maximum atomic E-state index is 11.1. The van der Waals surface area contributed by atoms with Crippen molar-refractivity contribution in [3.8, 4) is 0 Å². The van der Waals surface area contributed by atoms with Gasteiger partial charge >= 0.3 is 0 Å². The Balaban J connectivity index is 1.62. The van der Waals surface area contributed by atoms with Gasteiger partial charge in [-0.2, -0.15) is 0 Å². The van der Waals surface area contributed by atoms with E-state index in [2.05, 4.69) is 43.4 Å². The number of rotatable bonds is 5. The molecular weight excluding hydrogens is 310 g/mol. The van der Waals surface area contributed by atoms with Crippen molar-refractivity contribution in [2.75, 3.05) is 5.32 Å². The van der Waals surface area contributed by atoms with Crippen LogP contribution in [0.3, 0.4) is 0 Å². The molecule has 0 bridgehead atoms. The zero-order valence-corrected chi connectivity index (χ0v) is 15.2. The Morgan fingerprint density at radius 1 is 1.08 bits per heavy atom. The van der Waals surface area contributed by atoms with Gasteiger partial charge in [-0.25, -0.2) is 0 Å². The van der Waals surface area contributed by atoms with Gasteiger partial charge in [0.1, 0.15) is 0 Å². The molecule has 0 atom stereocenters. The molecule has 3 nitrogen and oxygen atoms in total. The molecule has 2 aromatic carbocycles. The number of aliphatic hydroxyl groups excluding tert-OH is 1. The van der Waals surface area contributed by atoms with E-state index in [0.29, 0.717) is 12.0 Å². The van der Waals surface area contributed by atoms with Crippen molar-refractivity contribution in [3.63, 3.8) is 0 Å². The highest BCUT2D eigenvalue weighted by Gasteiger charge is 2.34. The smallest absolute Gasteiger partial charge is 0.0898 e. The van der Waals surface area contributed by atoms with Crippen molar-refractivity contribution in [1.82, 2.24) is 0 Å². The molecule has 25 heavy (non-hydrogen) atoms. The Morgan fingerprint density at radius 3 is 2.36 bits per heavy atom. The predicted molar refractivity (Wildman–Crippen MR) is 103 cm³/mol. The second-order valence-electron chi connectivity index (χ2n) is 7.59. The lowest BCUT2D eigenvalue weighted by molar-refractivity contribution is -0.00332. The Morgan fingerprint density at radius 2 is 1.76 bits per heavy atom. The first kappa shape index (κ1) is 18.0. The molecule has 0 aromatic heterocycles. The summed E-state index contributed by atoms with van der Waals surface area (Å²) in [7, 11) is 0. The van der Waals surface area contributed by atoms with E-state index in [1.54, 1.807) is 0 Å². The molecule has 0 amide bonds. The van der Waals surface area contributed by atoms with Crippen LogP contribution < -0.4 is 5.32 Å². The van der Waals surface area contributed by atoms with Crippen LogP contribution in [0.15, 0.2) is 48.5 Å². The van der Waals surface area contributed by atoms with Gasteiger partial charge in [0, 0.05) is 11.7 Å². The standard InChI is InChI=1S/C22H29NO2/c1-16(2)18-6-8-19(9-7-18)22(25)12-10-20(11-13-22)23-21-5-3-4-17(14-21)15-24/h3-9,14,16,20,23-25H,10-13,15H2,1-2H3. The molecule has 134 valence electrons. The summed E-state index contributed by atoms with van der Waals surface area (Å²) in [5.74, 6) is 0.512. The topological polar surface area (TPSA) is 52.5 Å². The van der Waals surface area contributed by atoms with Gasteiger partial charge in [-0.05, 0) is 60.4 Å². The third kappa shape index (κ3) is 4.23. The highest BCUT2D eigenvalue weighted by molar-refractivity contribution is 5.46. The molecule has 0 radical (unpaired) electrons. The first-order valence-corrected chi connectivity index (χ1v) is 9.29. The van der Waals surface area contributed by atoms with Gasteiger partial charge in [0.05, 0.1) is 12.2 Å². The molecule has 0 aliphatic heterocycles. The molecule has 0 spiro atoms. The van der Waals surface area contributed by atoms with Crippen LogP contribution in [-0.2, 0) is 12.2 Å². The van der Waals surface area contributed by atoms with Crippen LogP contribution >= 0.6 is 0 Å². The zero-order valence-electron chi connectivity index (χ0n) is 15.2. The van der Waals surface area contributed by atoms with Crippen molar-refractivity contribution >= 4 is 5.69 Å².